The fraction of sp³-hybridized carbons (Fsp3) is 0.148. The van der Waals surface area contributed by atoms with Gasteiger partial charge in [0, 0.05) is 23.4 Å². The van der Waals surface area contributed by atoms with Gasteiger partial charge in [-0.2, -0.15) is 0 Å². The van der Waals surface area contributed by atoms with Crippen LogP contribution in [0.3, 0.4) is 0 Å². The number of benzene rings is 3. The zero-order valence-electron chi connectivity index (χ0n) is 18.0. The number of nitrogens with one attached hydrogen (secondary N) is 1. The second-order valence-corrected chi connectivity index (χ2v) is 8.94. The first-order chi connectivity index (χ1) is 16.2. The van der Waals surface area contributed by atoms with E-state index in [1.54, 1.807) is 36.0 Å². The SMILES string of the molecule is O=C1c2ccccc2C(=O)N1CCCCSc1nc(-c2ccccc2)c(-c2ccccc2)[nH]1. The molecule has 0 saturated heterocycles. The lowest BCUT2D eigenvalue weighted by molar-refractivity contribution is 0.0652. The number of carbonyl (C=O) groups excluding carboxylic acids is 2. The number of thioether (sulfide) groups is 1. The maximum absolute atomic E-state index is 12.5. The molecule has 0 atom stereocenters. The Morgan fingerprint density at radius 3 is 1.94 bits per heavy atom. The fourth-order valence-corrected chi connectivity index (χ4v) is 4.89. The molecular weight excluding hydrogens is 430 g/mol. The molecular formula is C27H23N3O2S. The van der Waals surface area contributed by atoms with Crippen molar-refractivity contribution in [3.8, 4) is 22.5 Å². The van der Waals surface area contributed by atoms with E-state index in [4.69, 9.17) is 4.98 Å². The topological polar surface area (TPSA) is 66.1 Å². The van der Waals surface area contributed by atoms with Gasteiger partial charge in [-0.05, 0) is 25.0 Å². The Hall–Kier alpha value is -3.64. The summed E-state index contributed by atoms with van der Waals surface area (Å²) in [4.78, 5) is 34.7. The molecule has 0 unspecified atom stereocenters. The predicted octanol–water partition coefficient (Wildman–Crippen LogP) is 5.91. The second-order valence-electron chi connectivity index (χ2n) is 7.86. The number of H-pyrrole nitrogens is 1. The monoisotopic (exact) mass is 453 g/mol. The molecule has 4 aromatic rings. The first-order valence-corrected chi connectivity index (χ1v) is 12.0. The number of aromatic nitrogens is 2. The van der Waals surface area contributed by atoms with Crippen LogP contribution in [0.2, 0.25) is 0 Å². The molecule has 0 bridgehead atoms. The lowest BCUT2D eigenvalue weighted by Gasteiger charge is -2.13. The van der Waals surface area contributed by atoms with Crippen molar-refractivity contribution < 1.29 is 9.59 Å². The minimum atomic E-state index is -0.186. The first-order valence-electron chi connectivity index (χ1n) is 11.0. The van der Waals surface area contributed by atoms with Gasteiger partial charge < -0.3 is 4.98 Å². The maximum Gasteiger partial charge on any atom is 0.261 e. The Balaban J connectivity index is 1.22. The van der Waals surface area contributed by atoms with Crippen LogP contribution in [0.25, 0.3) is 22.5 Å². The molecule has 2 amide bonds. The lowest BCUT2D eigenvalue weighted by atomic mass is 10.1. The molecule has 1 aliphatic heterocycles. The van der Waals surface area contributed by atoms with Gasteiger partial charge in [-0.15, -0.1) is 0 Å². The highest BCUT2D eigenvalue weighted by atomic mass is 32.2. The van der Waals surface area contributed by atoms with E-state index in [9.17, 15) is 9.59 Å². The average Bonchev–Trinajstić information content (AvgIpc) is 3.40. The normalized spacial score (nSPS) is 12.9. The van der Waals surface area contributed by atoms with Crippen molar-refractivity contribution in [2.45, 2.75) is 18.0 Å². The maximum atomic E-state index is 12.5. The van der Waals surface area contributed by atoms with Crippen LogP contribution in [0, 0.1) is 0 Å². The molecule has 33 heavy (non-hydrogen) atoms. The van der Waals surface area contributed by atoms with Gasteiger partial charge in [0.2, 0.25) is 0 Å². The van der Waals surface area contributed by atoms with Crippen molar-refractivity contribution in [2.75, 3.05) is 12.3 Å². The molecule has 6 heteroatoms. The van der Waals surface area contributed by atoms with E-state index in [1.807, 2.05) is 36.4 Å². The van der Waals surface area contributed by atoms with Crippen LogP contribution in [0.4, 0.5) is 0 Å². The molecule has 0 aliphatic carbocycles. The smallest absolute Gasteiger partial charge is 0.261 e. The summed E-state index contributed by atoms with van der Waals surface area (Å²) in [5.74, 6) is 0.475. The summed E-state index contributed by atoms with van der Waals surface area (Å²) in [6.07, 6.45) is 1.64. The molecule has 3 aromatic carbocycles. The Morgan fingerprint density at radius 1 is 0.727 bits per heavy atom. The molecule has 1 N–H and O–H groups in total. The van der Waals surface area contributed by atoms with Crippen LogP contribution in [-0.2, 0) is 0 Å². The Bertz CT molecular complexity index is 1190. The molecule has 0 radical (unpaired) electrons. The van der Waals surface area contributed by atoms with Crippen LogP contribution in [0.15, 0.2) is 90.1 Å². The molecule has 2 heterocycles. The number of amides is 2. The summed E-state index contributed by atoms with van der Waals surface area (Å²) < 4.78 is 0. The summed E-state index contributed by atoms with van der Waals surface area (Å²) >= 11 is 1.66. The van der Waals surface area contributed by atoms with Crippen molar-refractivity contribution >= 4 is 23.6 Å². The minimum absolute atomic E-state index is 0.186. The fourth-order valence-electron chi connectivity index (χ4n) is 4.02. The number of aromatic amines is 1. The number of carbonyl (C=O) groups is 2. The molecule has 0 saturated carbocycles. The first kappa shape index (κ1) is 21.2. The lowest BCUT2D eigenvalue weighted by Crippen LogP contribution is -2.30. The van der Waals surface area contributed by atoms with E-state index in [-0.39, 0.29) is 11.8 Å². The molecule has 164 valence electrons. The number of hydrogen-bond donors (Lipinski definition) is 1. The molecule has 1 aliphatic rings. The van der Waals surface area contributed by atoms with Crippen molar-refractivity contribution in [3.05, 3.63) is 96.1 Å². The van der Waals surface area contributed by atoms with E-state index >= 15 is 0 Å². The van der Waals surface area contributed by atoms with Crippen LogP contribution < -0.4 is 0 Å². The van der Waals surface area contributed by atoms with Crippen molar-refractivity contribution in [1.29, 1.82) is 0 Å². The number of unbranched alkanes of at least 4 members (excludes halogenated alkanes) is 1. The van der Waals surface area contributed by atoms with Gasteiger partial charge in [-0.3, -0.25) is 14.5 Å². The number of rotatable bonds is 8. The zero-order chi connectivity index (χ0) is 22.6. The molecule has 0 fully saturated rings. The van der Waals surface area contributed by atoms with E-state index in [0.29, 0.717) is 17.7 Å². The highest BCUT2D eigenvalue weighted by Gasteiger charge is 2.34. The third-order valence-electron chi connectivity index (χ3n) is 5.68. The van der Waals surface area contributed by atoms with Gasteiger partial charge in [0.15, 0.2) is 5.16 Å². The second kappa shape index (κ2) is 9.46. The highest BCUT2D eigenvalue weighted by molar-refractivity contribution is 7.99. The summed E-state index contributed by atoms with van der Waals surface area (Å²) in [5, 5.41) is 0.869. The Kier molecular flexibility index (Phi) is 6.09. The number of imidazole rings is 1. The molecule has 0 spiro atoms. The third kappa shape index (κ3) is 4.34. The summed E-state index contributed by atoms with van der Waals surface area (Å²) in [6.45, 7) is 0.440. The van der Waals surface area contributed by atoms with Crippen molar-refractivity contribution in [2.24, 2.45) is 0 Å². The van der Waals surface area contributed by atoms with E-state index < -0.39 is 0 Å². The summed E-state index contributed by atoms with van der Waals surface area (Å²) in [7, 11) is 0. The third-order valence-corrected chi connectivity index (χ3v) is 6.64. The van der Waals surface area contributed by atoms with Crippen molar-refractivity contribution in [1.82, 2.24) is 14.9 Å². The van der Waals surface area contributed by atoms with Crippen LogP contribution in [0.1, 0.15) is 33.6 Å². The van der Waals surface area contributed by atoms with E-state index in [0.717, 1.165) is 46.3 Å². The Labute approximate surface area is 196 Å². The van der Waals surface area contributed by atoms with Crippen LogP contribution in [0.5, 0.6) is 0 Å². The quantitative estimate of drug-likeness (QED) is 0.205. The number of fused-ring (bicyclic) bond motifs is 1. The van der Waals surface area contributed by atoms with E-state index in [1.165, 1.54) is 4.90 Å². The average molecular weight is 454 g/mol. The standard InChI is InChI=1S/C27H23N3O2S/c31-25-21-15-7-8-16-22(21)26(32)30(25)17-9-10-18-33-27-28-23(19-11-3-1-4-12-19)24(29-27)20-13-5-2-6-14-20/h1-8,11-16H,9-10,17-18H2,(H,28,29). The van der Waals surface area contributed by atoms with Gasteiger partial charge in [0.1, 0.15) is 0 Å². The number of nitrogens with zero attached hydrogens (tertiary/aromatic N) is 2. The van der Waals surface area contributed by atoms with Crippen molar-refractivity contribution in [3.63, 3.8) is 0 Å². The van der Waals surface area contributed by atoms with Gasteiger partial charge in [0.05, 0.1) is 22.5 Å². The van der Waals surface area contributed by atoms with E-state index in [2.05, 4.69) is 29.2 Å². The van der Waals surface area contributed by atoms with Gasteiger partial charge in [0.25, 0.3) is 11.8 Å². The largest absolute Gasteiger partial charge is 0.332 e. The van der Waals surface area contributed by atoms with Crippen LogP contribution in [-0.4, -0.2) is 39.0 Å². The van der Waals surface area contributed by atoms with Gasteiger partial charge in [-0.25, -0.2) is 4.98 Å². The Morgan fingerprint density at radius 2 is 1.30 bits per heavy atom. The zero-order valence-corrected chi connectivity index (χ0v) is 18.8. The predicted molar refractivity (Wildman–Crippen MR) is 131 cm³/mol. The molecule has 1 aromatic heterocycles. The molecule has 5 nitrogen and oxygen atoms in total. The van der Waals surface area contributed by atoms with Gasteiger partial charge in [-0.1, -0.05) is 84.6 Å². The summed E-state index contributed by atoms with van der Waals surface area (Å²) in [6, 6.07) is 27.4. The van der Waals surface area contributed by atoms with Gasteiger partial charge >= 0.3 is 0 Å². The summed E-state index contributed by atoms with van der Waals surface area (Å²) in [5.41, 5.74) is 5.14. The number of imide groups is 1. The number of hydrogen-bond acceptors (Lipinski definition) is 4. The molecule has 5 rings (SSSR count). The highest BCUT2D eigenvalue weighted by Crippen LogP contribution is 2.33. The minimum Gasteiger partial charge on any atom is -0.332 e. The van der Waals surface area contributed by atoms with Crippen LogP contribution >= 0.6 is 11.8 Å².